The maximum absolute atomic E-state index is 11.8. The lowest BCUT2D eigenvalue weighted by Gasteiger charge is -2.27. The van der Waals surface area contributed by atoms with Crippen LogP contribution in [0.3, 0.4) is 0 Å². The average molecular weight is 412 g/mol. The zero-order chi connectivity index (χ0) is 20.4. The molecule has 1 atom stereocenters. The van der Waals surface area contributed by atoms with Gasteiger partial charge in [0.05, 0.1) is 17.6 Å². The van der Waals surface area contributed by atoms with Crippen LogP contribution >= 0.6 is 23.4 Å². The highest BCUT2D eigenvalue weighted by Gasteiger charge is 2.30. The summed E-state index contributed by atoms with van der Waals surface area (Å²) in [6.45, 7) is 4.75. The molecule has 27 heavy (non-hydrogen) atoms. The highest BCUT2D eigenvalue weighted by molar-refractivity contribution is 8.00. The number of nitriles is 1. The van der Waals surface area contributed by atoms with E-state index < -0.39 is 24.0 Å². The molecule has 0 aliphatic heterocycles. The first-order valence-electron chi connectivity index (χ1n) is 8.17. The molecule has 0 aromatic heterocycles. The Hall–Kier alpha value is -2.24. The summed E-state index contributed by atoms with van der Waals surface area (Å²) in [6, 6.07) is 8.69. The van der Waals surface area contributed by atoms with Crippen LogP contribution in [0.25, 0.3) is 0 Å². The molecule has 0 saturated heterocycles. The predicted octanol–water partition coefficient (Wildman–Crippen LogP) is 2.61. The van der Waals surface area contributed by atoms with E-state index in [1.165, 1.54) is 0 Å². The molecule has 146 valence electrons. The number of carbonyl (C=O) groups excluding carboxylic acids is 3. The van der Waals surface area contributed by atoms with Crippen LogP contribution in [0.15, 0.2) is 24.3 Å². The number of amides is 2. The van der Waals surface area contributed by atoms with Crippen LogP contribution in [0.4, 0.5) is 5.69 Å². The fraction of sp³-hybridized carbons (Fsp3) is 0.444. The molecular formula is C18H22ClN3O4S. The Labute approximate surface area is 167 Å². The van der Waals surface area contributed by atoms with Gasteiger partial charge in [0, 0.05) is 10.7 Å². The van der Waals surface area contributed by atoms with Gasteiger partial charge in [-0.1, -0.05) is 25.4 Å². The number of esters is 1. The minimum atomic E-state index is -1.03. The van der Waals surface area contributed by atoms with Crippen molar-refractivity contribution in [2.75, 3.05) is 23.4 Å². The van der Waals surface area contributed by atoms with Gasteiger partial charge in [-0.15, -0.1) is 11.8 Å². The van der Waals surface area contributed by atoms with Gasteiger partial charge < -0.3 is 15.4 Å². The molecule has 2 amide bonds. The number of ether oxygens (including phenoxy) is 1. The smallest absolute Gasteiger partial charge is 0.316 e. The van der Waals surface area contributed by atoms with Gasteiger partial charge in [-0.05, 0) is 37.1 Å². The van der Waals surface area contributed by atoms with E-state index in [1.807, 2.05) is 6.07 Å². The topological polar surface area (TPSA) is 108 Å². The van der Waals surface area contributed by atoms with Crippen molar-refractivity contribution in [2.45, 2.75) is 26.3 Å². The van der Waals surface area contributed by atoms with Gasteiger partial charge in [-0.2, -0.15) is 5.26 Å². The summed E-state index contributed by atoms with van der Waals surface area (Å²) in [4.78, 5) is 35.3. The van der Waals surface area contributed by atoms with Crippen molar-refractivity contribution >= 4 is 46.8 Å². The van der Waals surface area contributed by atoms with Crippen molar-refractivity contribution < 1.29 is 19.1 Å². The molecule has 1 rings (SSSR count). The van der Waals surface area contributed by atoms with E-state index in [0.29, 0.717) is 10.7 Å². The van der Waals surface area contributed by atoms with Crippen LogP contribution in [0.2, 0.25) is 5.02 Å². The maximum Gasteiger partial charge on any atom is 0.316 e. The zero-order valence-electron chi connectivity index (χ0n) is 15.4. The minimum absolute atomic E-state index is 0.0593. The molecule has 1 unspecified atom stereocenters. The number of anilines is 1. The number of nitrogens with zero attached hydrogens (tertiary/aromatic N) is 1. The molecule has 0 fully saturated rings. The summed E-state index contributed by atoms with van der Waals surface area (Å²) in [7, 11) is 0. The monoisotopic (exact) mass is 411 g/mol. The molecule has 2 N–H and O–H groups in total. The zero-order valence-corrected chi connectivity index (χ0v) is 16.9. The highest BCUT2D eigenvalue weighted by atomic mass is 35.5. The highest BCUT2D eigenvalue weighted by Crippen LogP contribution is 2.15. The number of nitrogens with one attached hydrogen (secondary N) is 2. The Morgan fingerprint density at radius 1 is 1.22 bits per heavy atom. The SMILES string of the molecule is CC(C)C(C)(C#N)NC(=O)COC(=O)CSCC(=O)Nc1ccc(Cl)cc1. The summed E-state index contributed by atoms with van der Waals surface area (Å²) < 4.78 is 4.86. The van der Waals surface area contributed by atoms with E-state index in [0.717, 1.165) is 11.8 Å². The lowest BCUT2D eigenvalue weighted by molar-refractivity contribution is -0.146. The largest absolute Gasteiger partial charge is 0.455 e. The van der Waals surface area contributed by atoms with Crippen LogP contribution in [0.5, 0.6) is 0 Å². The summed E-state index contributed by atoms with van der Waals surface area (Å²) in [5, 5.41) is 14.9. The molecule has 0 bridgehead atoms. The van der Waals surface area contributed by atoms with E-state index in [1.54, 1.807) is 45.0 Å². The Morgan fingerprint density at radius 3 is 2.41 bits per heavy atom. The van der Waals surface area contributed by atoms with Gasteiger partial charge in [-0.25, -0.2) is 0 Å². The Balaban J connectivity index is 2.27. The second-order valence-corrected chi connectivity index (χ2v) is 7.65. The normalized spacial score (nSPS) is 12.6. The molecular weight excluding hydrogens is 390 g/mol. The molecule has 0 radical (unpaired) electrons. The Bertz CT molecular complexity index is 718. The first-order valence-corrected chi connectivity index (χ1v) is 9.70. The van der Waals surface area contributed by atoms with Crippen LogP contribution in [-0.2, 0) is 19.1 Å². The lowest BCUT2D eigenvalue weighted by Crippen LogP contribution is -2.50. The maximum atomic E-state index is 11.8. The summed E-state index contributed by atoms with van der Waals surface area (Å²) in [5.74, 6) is -1.54. The van der Waals surface area contributed by atoms with E-state index >= 15 is 0 Å². The number of hydrogen-bond donors (Lipinski definition) is 2. The van der Waals surface area contributed by atoms with E-state index in [2.05, 4.69) is 10.6 Å². The lowest BCUT2D eigenvalue weighted by atomic mass is 9.90. The van der Waals surface area contributed by atoms with Crippen molar-refractivity contribution in [3.8, 4) is 6.07 Å². The summed E-state index contributed by atoms with van der Waals surface area (Å²) >= 11 is 6.83. The van der Waals surface area contributed by atoms with Gasteiger partial charge in [0.1, 0.15) is 5.54 Å². The molecule has 0 heterocycles. The molecule has 0 saturated carbocycles. The van der Waals surface area contributed by atoms with Gasteiger partial charge >= 0.3 is 5.97 Å². The second-order valence-electron chi connectivity index (χ2n) is 6.23. The minimum Gasteiger partial charge on any atom is -0.455 e. The third-order valence-electron chi connectivity index (χ3n) is 3.73. The third kappa shape index (κ3) is 8.33. The number of carbonyl (C=O) groups is 3. The Morgan fingerprint density at radius 2 is 1.85 bits per heavy atom. The van der Waals surface area contributed by atoms with Crippen molar-refractivity contribution in [1.82, 2.24) is 5.32 Å². The number of hydrogen-bond acceptors (Lipinski definition) is 6. The molecule has 9 heteroatoms. The van der Waals surface area contributed by atoms with Gasteiger partial charge in [-0.3, -0.25) is 14.4 Å². The van der Waals surface area contributed by atoms with Crippen LogP contribution in [0.1, 0.15) is 20.8 Å². The average Bonchev–Trinajstić information content (AvgIpc) is 2.61. The quantitative estimate of drug-likeness (QED) is 0.604. The fourth-order valence-corrected chi connectivity index (χ4v) is 2.51. The predicted molar refractivity (Wildman–Crippen MR) is 105 cm³/mol. The molecule has 1 aromatic rings. The van der Waals surface area contributed by atoms with Crippen LogP contribution < -0.4 is 10.6 Å². The summed E-state index contributed by atoms with van der Waals surface area (Å²) in [5.41, 5.74) is -0.423. The van der Waals surface area contributed by atoms with Gasteiger partial charge in [0.2, 0.25) is 5.91 Å². The van der Waals surface area contributed by atoms with E-state index in [4.69, 9.17) is 21.6 Å². The van der Waals surface area contributed by atoms with Crippen molar-refractivity contribution in [3.05, 3.63) is 29.3 Å². The van der Waals surface area contributed by atoms with Gasteiger partial charge in [0.25, 0.3) is 5.91 Å². The first-order chi connectivity index (χ1) is 12.7. The molecule has 0 aliphatic carbocycles. The number of rotatable bonds is 9. The van der Waals surface area contributed by atoms with E-state index in [9.17, 15) is 14.4 Å². The van der Waals surface area contributed by atoms with Crippen molar-refractivity contribution in [1.29, 1.82) is 5.26 Å². The third-order valence-corrected chi connectivity index (χ3v) is 4.89. The molecule has 7 nitrogen and oxygen atoms in total. The number of benzene rings is 1. The fourth-order valence-electron chi connectivity index (χ4n) is 1.77. The number of thioether (sulfide) groups is 1. The standard InChI is InChI=1S/C18H22ClN3O4S/c1-12(2)18(3,11-20)22-15(23)8-26-17(25)10-27-9-16(24)21-14-6-4-13(19)5-7-14/h4-7,12H,8-10H2,1-3H3,(H,21,24)(H,22,23). The van der Waals surface area contributed by atoms with Crippen LogP contribution in [-0.4, -0.2) is 41.4 Å². The van der Waals surface area contributed by atoms with Crippen molar-refractivity contribution in [3.63, 3.8) is 0 Å². The molecule has 0 spiro atoms. The molecule has 0 aliphatic rings. The van der Waals surface area contributed by atoms with Crippen molar-refractivity contribution in [2.24, 2.45) is 5.92 Å². The Kier molecular flexibility index (Phi) is 9.12. The summed E-state index contributed by atoms with van der Waals surface area (Å²) in [6.07, 6.45) is 0. The van der Waals surface area contributed by atoms with Gasteiger partial charge in [0.15, 0.2) is 6.61 Å². The second kappa shape index (κ2) is 10.8. The van der Waals surface area contributed by atoms with Crippen LogP contribution in [0, 0.1) is 17.2 Å². The number of halogens is 1. The first kappa shape index (κ1) is 22.8. The van der Waals surface area contributed by atoms with E-state index in [-0.39, 0.29) is 23.3 Å². The molecule has 1 aromatic carbocycles.